The van der Waals surface area contributed by atoms with Crippen LogP contribution in [0.1, 0.15) is 58.2 Å². The van der Waals surface area contributed by atoms with Gasteiger partial charge in [0.15, 0.2) is 5.78 Å². The summed E-state index contributed by atoms with van der Waals surface area (Å²) in [6, 6.07) is 15.0. The number of ketones is 1. The number of ether oxygens (including phenoxy) is 1. The fraction of sp³-hybridized carbons (Fsp3) is 0.300. The maximum absolute atomic E-state index is 12.5. The van der Waals surface area contributed by atoms with Gasteiger partial charge in [0, 0.05) is 11.1 Å². The lowest BCUT2D eigenvalue weighted by Gasteiger charge is -2.10. The molecule has 1 aliphatic rings. The molecule has 0 fully saturated rings. The van der Waals surface area contributed by atoms with Gasteiger partial charge >= 0.3 is 5.97 Å². The van der Waals surface area contributed by atoms with Gasteiger partial charge in [0.1, 0.15) is 6.10 Å². The Hall–Kier alpha value is -2.42. The van der Waals surface area contributed by atoms with Gasteiger partial charge in [-0.05, 0) is 24.0 Å². The minimum absolute atomic E-state index is 0.00407. The fourth-order valence-electron chi connectivity index (χ4n) is 2.96. The van der Waals surface area contributed by atoms with Gasteiger partial charge in [0.05, 0.1) is 12.0 Å². The van der Waals surface area contributed by atoms with Crippen LogP contribution in [-0.2, 0) is 11.2 Å². The molecule has 3 nitrogen and oxygen atoms in total. The normalized spacial score (nSPS) is 16.3. The van der Waals surface area contributed by atoms with Crippen LogP contribution in [0.4, 0.5) is 0 Å². The SMILES string of the molecule is CC(C)Cc1ccc(C(=O)C[C@H]2OC(=O)c3ccccc32)cc1. The number of hydrogen-bond donors (Lipinski definition) is 0. The molecule has 1 atom stereocenters. The first kappa shape index (κ1) is 15.5. The van der Waals surface area contributed by atoms with E-state index in [1.807, 2.05) is 36.4 Å². The first-order chi connectivity index (χ1) is 11.0. The van der Waals surface area contributed by atoms with Crippen LogP contribution < -0.4 is 0 Å². The number of rotatable bonds is 5. The van der Waals surface area contributed by atoms with Crippen molar-refractivity contribution >= 4 is 11.8 Å². The third kappa shape index (κ3) is 3.34. The molecule has 0 aliphatic carbocycles. The molecular weight excluding hydrogens is 288 g/mol. The van der Waals surface area contributed by atoms with Crippen molar-refractivity contribution in [3.8, 4) is 0 Å². The van der Waals surface area contributed by atoms with E-state index in [9.17, 15) is 9.59 Å². The predicted molar refractivity (Wildman–Crippen MR) is 88.5 cm³/mol. The van der Waals surface area contributed by atoms with Gasteiger partial charge in [-0.25, -0.2) is 4.79 Å². The first-order valence-electron chi connectivity index (χ1n) is 7.96. The van der Waals surface area contributed by atoms with Crippen molar-refractivity contribution in [1.29, 1.82) is 0 Å². The van der Waals surface area contributed by atoms with Crippen LogP contribution in [0.25, 0.3) is 0 Å². The zero-order valence-corrected chi connectivity index (χ0v) is 13.4. The van der Waals surface area contributed by atoms with Gasteiger partial charge in [-0.15, -0.1) is 0 Å². The van der Waals surface area contributed by atoms with Crippen molar-refractivity contribution in [2.45, 2.75) is 32.8 Å². The van der Waals surface area contributed by atoms with E-state index in [1.54, 1.807) is 12.1 Å². The summed E-state index contributed by atoms with van der Waals surface area (Å²) in [4.78, 5) is 24.3. The number of carbonyl (C=O) groups is 2. The molecule has 1 heterocycles. The van der Waals surface area contributed by atoms with Gasteiger partial charge in [0.2, 0.25) is 0 Å². The fourth-order valence-corrected chi connectivity index (χ4v) is 2.96. The van der Waals surface area contributed by atoms with Crippen molar-refractivity contribution in [2.75, 3.05) is 0 Å². The van der Waals surface area contributed by atoms with Crippen molar-refractivity contribution in [3.63, 3.8) is 0 Å². The Kier molecular flexibility index (Phi) is 4.28. The molecule has 23 heavy (non-hydrogen) atoms. The van der Waals surface area contributed by atoms with E-state index in [-0.39, 0.29) is 18.2 Å². The highest BCUT2D eigenvalue weighted by Gasteiger charge is 2.32. The van der Waals surface area contributed by atoms with Gasteiger partial charge in [-0.3, -0.25) is 4.79 Å². The summed E-state index contributed by atoms with van der Waals surface area (Å²) < 4.78 is 5.34. The largest absolute Gasteiger partial charge is 0.453 e. The molecule has 0 saturated carbocycles. The zero-order valence-electron chi connectivity index (χ0n) is 13.4. The van der Waals surface area contributed by atoms with E-state index >= 15 is 0 Å². The van der Waals surface area contributed by atoms with Crippen molar-refractivity contribution in [2.24, 2.45) is 5.92 Å². The summed E-state index contributed by atoms with van der Waals surface area (Å²) in [5.41, 5.74) is 3.27. The number of benzene rings is 2. The Bertz CT molecular complexity index is 729. The smallest absolute Gasteiger partial charge is 0.339 e. The van der Waals surface area contributed by atoms with Crippen LogP contribution >= 0.6 is 0 Å². The molecule has 0 radical (unpaired) electrons. The zero-order chi connectivity index (χ0) is 16.4. The van der Waals surface area contributed by atoms with Gasteiger partial charge in [-0.1, -0.05) is 56.3 Å². The molecule has 118 valence electrons. The van der Waals surface area contributed by atoms with Gasteiger partial charge in [0.25, 0.3) is 0 Å². The molecule has 0 amide bonds. The maximum atomic E-state index is 12.5. The van der Waals surface area contributed by atoms with Crippen molar-refractivity contribution in [1.82, 2.24) is 0 Å². The summed E-state index contributed by atoms with van der Waals surface area (Å²) in [6.07, 6.45) is 0.718. The van der Waals surface area contributed by atoms with E-state index < -0.39 is 6.10 Å². The molecule has 3 rings (SSSR count). The quantitative estimate of drug-likeness (QED) is 0.608. The monoisotopic (exact) mass is 308 g/mol. The van der Waals surface area contributed by atoms with Crippen molar-refractivity contribution < 1.29 is 14.3 Å². The summed E-state index contributed by atoms with van der Waals surface area (Å²) >= 11 is 0. The average molecular weight is 308 g/mol. The second-order valence-electron chi connectivity index (χ2n) is 6.40. The molecule has 3 heteroatoms. The Morgan fingerprint density at radius 1 is 1.09 bits per heavy atom. The van der Waals surface area contributed by atoms with E-state index in [0.717, 1.165) is 12.0 Å². The van der Waals surface area contributed by atoms with E-state index in [0.29, 0.717) is 17.0 Å². The van der Waals surface area contributed by atoms with Gasteiger partial charge in [-0.2, -0.15) is 0 Å². The molecular formula is C20H20O3. The molecule has 0 unspecified atom stereocenters. The molecule has 2 aromatic rings. The highest BCUT2D eigenvalue weighted by Crippen LogP contribution is 2.33. The average Bonchev–Trinajstić information content (AvgIpc) is 2.84. The number of fused-ring (bicyclic) bond motifs is 1. The van der Waals surface area contributed by atoms with Crippen LogP contribution in [0.3, 0.4) is 0 Å². The van der Waals surface area contributed by atoms with Crippen molar-refractivity contribution in [3.05, 3.63) is 70.8 Å². The minimum atomic E-state index is -0.471. The third-order valence-corrected chi connectivity index (χ3v) is 4.07. The number of hydrogen-bond acceptors (Lipinski definition) is 3. The standard InChI is InChI=1S/C20H20O3/c1-13(2)11-14-7-9-15(10-8-14)18(21)12-19-16-5-3-4-6-17(16)20(22)23-19/h3-10,13,19H,11-12H2,1-2H3/t19-/m1/s1. The lowest BCUT2D eigenvalue weighted by atomic mass is 9.97. The molecule has 2 aromatic carbocycles. The van der Waals surface area contributed by atoms with E-state index in [1.165, 1.54) is 5.56 Å². The molecule has 1 aliphatic heterocycles. The predicted octanol–water partition coefficient (Wildman–Crippen LogP) is 4.37. The summed E-state index contributed by atoms with van der Waals surface area (Å²) in [5.74, 6) is 0.243. The molecule has 0 spiro atoms. The topological polar surface area (TPSA) is 43.4 Å². The lowest BCUT2D eigenvalue weighted by Crippen LogP contribution is -2.08. The first-order valence-corrected chi connectivity index (χ1v) is 7.96. The highest BCUT2D eigenvalue weighted by atomic mass is 16.5. The number of esters is 1. The van der Waals surface area contributed by atoms with Crippen LogP contribution in [0, 0.1) is 5.92 Å². The second-order valence-corrected chi connectivity index (χ2v) is 6.40. The van der Waals surface area contributed by atoms with Crippen LogP contribution in [0.5, 0.6) is 0 Å². The lowest BCUT2D eigenvalue weighted by molar-refractivity contribution is 0.0367. The Labute approximate surface area is 136 Å². The second kappa shape index (κ2) is 6.37. The van der Waals surface area contributed by atoms with E-state index in [4.69, 9.17) is 4.74 Å². The Morgan fingerprint density at radius 2 is 1.78 bits per heavy atom. The number of cyclic esters (lactones) is 1. The van der Waals surface area contributed by atoms with Crippen LogP contribution in [-0.4, -0.2) is 11.8 Å². The molecule has 0 aromatic heterocycles. The van der Waals surface area contributed by atoms with Gasteiger partial charge < -0.3 is 4.74 Å². The summed E-state index contributed by atoms with van der Waals surface area (Å²) in [6.45, 7) is 4.34. The molecule has 0 N–H and O–H groups in total. The molecule has 0 bridgehead atoms. The molecule has 0 saturated heterocycles. The maximum Gasteiger partial charge on any atom is 0.339 e. The van der Waals surface area contributed by atoms with Crippen LogP contribution in [0.2, 0.25) is 0 Å². The number of carbonyl (C=O) groups excluding carboxylic acids is 2. The highest BCUT2D eigenvalue weighted by molar-refractivity contribution is 5.99. The summed E-state index contributed by atoms with van der Waals surface area (Å²) in [7, 11) is 0. The Balaban J connectivity index is 1.72. The number of Topliss-reactive ketones (excluding diaryl/α,β-unsaturated/α-hetero) is 1. The van der Waals surface area contributed by atoms with E-state index in [2.05, 4.69) is 13.8 Å². The summed E-state index contributed by atoms with van der Waals surface area (Å²) in [5, 5.41) is 0. The Morgan fingerprint density at radius 3 is 2.48 bits per heavy atom. The minimum Gasteiger partial charge on any atom is -0.453 e. The van der Waals surface area contributed by atoms with Crippen LogP contribution in [0.15, 0.2) is 48.5 Å². The third-order valence-electron chi connectivity index (χ3n) is 4.07.